The number of anilines is 1. The molecule has 0 radical (unpaired) electrons. The van der Waals surface area contributed by atoms with Crippen molar-refractivity contribution in [2.24, 2.45) is 0 Å². The third kappa shape index (κ3) is 4.86. The number of nitrogens with zero attached hydrogens (tertiary/aromatic N) is 2. The van der Waals surface area contributed by atoms with Crippen LogP contribution in [-0.2, 0) is 14.3 Å². The van der Waals surface area contributed by atoms with Gasteiger partial charge in [-0.2, -0.15) is 0 Å². The van der Waals surface area contributed by atoms with E-state index in [-0.39, 0.29) is 30.2 Å². The van der Waals surface area contributed by atoms with Gasteiger partial charge in [0, 0.05) is 19.6 Å². The number of hydrogen-bond donors (Lipinski definition) is 1. The van der Waals surface area contributed by atoms with Crippen molar-refractivity contribution < 1.29 is 23.5 Å². The maximum absolute atomic E-state index is 13.4. The first-order chi connectivity index (χ1) is 15.0. The van der Waals surface area contributed by atoms with Crippen molar-refractivity contribution in [2.45, 2.75) is 19.1 Å². The van der Waals surface area contributed by atoms with Crippen LogP contribution in [0, 0.1) is 5.82 Å². The molecule has 0 aromatic heterocycles. The summed E-state index contributed by atoms with van der Waals surface area (Å²) in [5.74, 6) is -0.234. The summed E-state index contributed by atoms with van der Waals surface area (Å²) >= 11 is 0. The summed E-state index contributed by atoms with van der Waals surface area (Å²) in [6, 6.07) is 13.4. The molecule has 2 unspecified atom stereocenters. The van der Waals surface area contributed by atoms with Crippen molar-refractivity contribution in [3.8, 4) is 5.75 Å². The van der Waals surface area contributed by atoms with E-state index in [1.165, 1.54) is 17.0 Å². The van der Waals surface area contributed by atoms with Crippen molar-refractivity contribution in [1.29, 1.82) is 0 Å². The molecule has 0 saturated carbocycles. The van der Waals surface area contributed by atoms with Crippen LogP contribution in [-0.4, -0.2) is 62.2 Å². The number of morpholine rings is 1. The summed E-state index contributed by atoms with van der Waals surface area (Å²) < 4.78 is 24.5. The van der Waals surface area contributed by atoms with Gasteiger partial charge < -0.3 is 14.8 Å². The van der Waals surface area contributed by atoms with E-state index in [0.29, 0.717) is 31.2 Å². The SMILES string of the molecule is CC1Oc2ccccc2N(CC(=O)NCC(c2ccc(F)cc2)N2CCOCC2)C1=O. The summed E-state index contributed by atoms with van der Waals surface area (Å²) in [7, 11) is 0. The first kappa shape index (κ1) is 21.3. The lowest BCUT2D eigenvalue weighted by molar-refractivity contribution is -0.128. The normalized spacial score (nSPS) is 20.0. The van der Waals surface area contributed by atoms with Gasteiger partial charge in [0.2, 0.25) is 5.91 Å². The minimum absolute atomic E-state index is 0.0944. The van der Waals surface area contributed by atoms with Crippen LogP contribution in [0.1, 0.15) is 18.5 Å². The molecule has 2 atom stereocenters. The molecule has 0 spiro atoms. The number of carbonyl (C=O) groups is 2. The molecule has 0 aliphatic carbocycles. The quantitative estimate of drug-likeness (QED) is 0.765. The fourth-order valence-electron chi connectivity index (χ4n) is 3.96. The van der Waals surface area contributed by atoms with Crippen LogP contribution >= 0.6 is 0 Å². The number of fused-ring (bicyclic) bond motifs is 1. The molecule has 7 nitrogen and oxygen atoms in total. The maximum atomic E-state index is 13.4. The lowest BCUT2D eigenvalue weighted by atomic mass is 10.0. The highest BCUT2D eigenvalue weighted by Crippen LogP contribution is 2.33. The van der Waals surface area contributed by atoms with Gasteiger partial charge in [0.05, 0.1) is 24.9 Å². The highest BCUT2D eigenvalue weighted by atomic mass is 19.1. The Hall–Kier alpha value is -2.97. The molecule has 8 heteroatoms. The summed E-state index contributed by atoms with van der Waals surface area (Å²) in [5.41, 5.74) is 1.51. The lowest BCUT2D eigenvalue weighted by Gasteiger charge is -2.35. The molecule has 1 fully saturated rings. The molecule has 1 saturated heterocycles. The fourth-order valence-corrected chi connectivity index (χ4v) is 3.96. The van der Waals surface area contributed by atoms with E-state index < -0.39 is 6.10 Å². The van der Waals surface area contributed by atoms with Crippen molar-refractivity contribution in [3.63, 3.8) is 0 Å². The topological polar surface area (TPSA) is 71.1 Å². The summed E-state index contributed by atoms with van der Waals surface area (Å²) in [6.07, 6.45) is -0.650. The van der Waals surface area contributed by atoms with E-state index in [9.17, 15) is 14.0 Å². The van der Waals surface area contributed by atoms with E-state index in [4.69, 9.17) is 9.47 Å². The number of ether oxygens (including phenoxy) is 2. The number of rotatable bonds is 6. The molecule has 0 bridgehead atoms. The van der Waals surface area contributed by atoms with Gasteiger partial charge in [0.1, 0.15) is 18.1 Å². The van der Waals surface area contributed by atoms with Gasteiger partial charge in [-0.05, 0) is 36.8 Å². The number of carbonyl (C=O) groups excluding carboxylic acids is 2. The standard InChI is InChI=1S/C23H26FN3O4/c1-16-23(29)27(19-4-2-3-5-21(19)31-16)15-22(28)25-14-20(26-10-12-30-13-11-26)17-6-8-18(24)9-7-17/h2-9,16,20H,10-15H2,1H3,(H,25,28). The van der Waals surface area contributed by atoms with Crippen LogP contribution in [0.3, 0.4) is 0 Å². The first-order valence-corrected chi connectivity index (χ1v) is 10.4. The Morgan fingerprint density at radius 2 is 1.87 bits per heavy atom. The number of halogens is 1. The average molecular weight is 427 g/mol. The van der Waals surface area contributed by atoms with Gasteiger partial charge in [-0.1, -0.05) is 24.3 Å². The van der Waals surface area contributed by atoms with Gasteiger partial charge in [-0.15, -0.1) is 0 Å². The Balaban J connectivity index is 1.45. The Kier molecular flexibility index (Phi) is 6.48. The summed E-state index contributed by atoms with van der Waals surface area (Å²) in [4.78, 5) is 29.1. The number of nitrogens with one attached hydrogen (secondary N) is 1. The highest BCUT2D eigenvalue weighted by molar-refractivity contribution is 6.03. The second-order valence-electron chi connectivity index (χ2n) is 7.67. The number of hydrogen-bond acceptors (Lipinski definition) is 5. The maximum Gasteiger partial charge on any atom is 0.268 e. The van der Waals surface area contributed by atoms with E-state index in [1.54, 1.807) is 37.3 Å². The smallest absolute Gasteiger partial charge is 0.268 e. The molecule has 4 rings (SSSR count). The molecule has 31 heavy (non-hydrogen) atoms. The summed E-state index contributed by atoms with van der Waals surface area (Å²) in [6.45, 7) is 4.61. The third-order valence-corrected chi connectivity index (χ3v) is 5.61. The van der Waals surface area contributed by atoms with Gasteiger partial charge in [-0.25, -0.2) is 4.39 Å². The lowest BCUT2D eigenvalue weighted by Crippen LogP contribution is -2.50. The summed E-state index contributed by atoms with van der Waals surface area (Å²) in [5, 5.41) is 2.96. The van der Waals surface area contributed by atoms with Crippen LogP contribution in [0.5, 0.6) is 5.75 Å². The fraction of sp³-hybridized carbons (Fsp3) is 0.391. The largest absolute Gasteiger partial charge is 0.479 e. The van der Waals surface area contributed by atoms with Crippen LogP contribution in [0.15, 0.2) is 48.5 Å². The van der Waals surface area contributed by atoms with Crippen molar-refractivity contribution in [1.82, 2.24) is 10.2 Å². The first-order valence-electron chi connectivity index (χ1n) is 10.4. The van der Waals surface area contributed by atoms with Gasteiger partial charge in [0.15, 0.2) is 6.10 Å². The van der Waals surface area contributed by atoms with Gasteiger partial charge in [-0.3, -0.25) is 19.4 Å². The molecule has 164 valence electrons. The zero-order valence-corrected chi connectivity index (χ0v) is 17.4. The zero-order valence-electron chi connectivity index (χ0n) is 17.4. The minimum Gasteiger partial charge on any atom is -0.479 e. The molecule has 2 heterocycles. The van der Waals surface area contributed by atoms with E-state index in [0.717, 1.165) is 18.7 Å². The third-order valence-electron chi connectivity index (χ3n) is 5.61. The van der Waals surface area contributed by atoms with E-state index in [1.807, 2.05) is 6.07 Å². The molecular formula is C23H26FN3O4. The predicted octanol–water partition coefficient (Wildman–Crippen LogP) is 2.13. The Labute approximate surface area is 180 Å². The van der Waals surface area contributed by atoms with E-state index in [2.05, 4.69) is 10.2 Å². The number of amides is 2. The Bertz CT molecular complexity index is 931. The molecule has 2 aromatic carbocycles. The minimum atomic E-state index is -0.650. The number of para-hydroxylation sites is 2. The van der Waals surface area contributed by atoms with Crippen molar-refractivity contribution in [3.05, 3.63) is 59.9 Å². The molecule has 2 aliphatic heterocycles. The van der Waals surface area contributed by atoms with Gasteiger partial charge in [0.25, 0.3) is 5.91 Å². The van der Waals surface area contributed by atoms with Gasteiger partial charge >= 0.3 is 0 Å². The predicted molar refractivity (Wildman–Crippen MR) is 113 cm³/mol. The van der Waals surface area contributed by atoms with Crippen molar-refractivity contribution >= 4 is 17.5 Å². The number of benzene rings is 2. The van der Waals surface area contributed by atoms with E-state index >= 15 is 0 Å². The molecular weight excluding hydrogens is 401 g/mol. The van der Waals surface area contributed by atoms with Crippen LogP contribution < -0.4 is 15.0 Å². The second kappa shape index (κ2) is 9.45. The zero-order chi connectivity index (χ0) is 21.8. The van der Waals surface area contributed by atoms with Crippen molar-refractivity contribution in [2.75, 3.05) is 44.3 Å². The Morgan fingerprint density at radius 1 is 1.16 bits per heavy atom. The molecule has 2 aliphatic rings. The van der Waals surface area contributed by atoms with Crippen LogP contribution in [0.2, 0.25) is 0 Å². The average Bonchev–Trinajstić information content (AvgIpc) is 2.79. The monoisotopic (exact) mass is 427 g/mol. The highest BCUT2D eigenvalue weighted by Gasteiger charge is 2.32. The molecule has 1 N–H and O–H groups in total. The molecule has 2 aromatic rings. The Morgan fingerprint density at radius 3 is 2.61 bits per heavy atom. The van der Waals surface area contributed by atoms with Crippen LogP contribution in [0.4, 0.5) is 10.1 Å². The molecule has 2 amide bonds. The van der Waals surface area contributed by atoms with Crippen LogP contribution in [0.25, 0.3) is 0 Å². The second-order valence-corrected chi connectivity index (χ2v) is 7.67.